The Morgan fingerprint density at radius 1 is 1.29 bits per heavy atom. The van der Waals surface area contributed by atoms with Crippen molar-refractivity contribution >= 4 is 5.71 Å². The van der Waals surface area contributed by atoms with Gasteiger partial charge in [-0.05, 0) is 25.3 Å². The Labute approximate surface area is 172 Å². The molecule has 1 atom stereocenters. The molecule has 0 saturated heterocycles. The Kier molecular flexibility index (Phi) is 32.4. The molecular formula is C20H33F2NU. The van der Waals surface area contributed by atoms with Crippen molar-refractivity contribution < 1.29 is 39.9 Å². The van der Waals surface area contributed by atoms with Gasteiger partial charge in [-0.2, -0.15) is 35.9 Å². The third kappa shape index (κ3) is 33.2. The molecule has 0 bridgehead atoms. The Bertz CT molecular complexity index is 387. The van der Waals surface area contributed by atoms with Crippen LogP contribution in [0.3, 0.4) is 0 Å². The second-order valence-corrected chi connectivity index (χ2v) is 4.64. The van der Waals surface area contributed by atoms with Gasteiger partial charge < -0.3 is 8.78 Å². The van der Waals surface area contributed by atoms with Gasteiger partial charge in [-0.15, -0.1) is 6.92 Å². The molecule has 136 valence electrons. The molecule has 0 aliphatic rings. The minimum Gasteiger partial charge on any atom is -0.422 e. The smallest absolute Gasteiger partial charge is 0.422 e. The van der Waals surface area contributed by atoms with Crippen LogP contribution < -0.4 is 0 Å². The summed E-state index contributed by atoms with van der Waals surface area (Å²) in [6.07, 6.45) is 3.89. The standard InChI is InChI=1S/C9H17N.C7H7.C2H3F2.C2H6.U/c1-5-8(2)6-7-9(3)10-4;1-7-5-3-2-4-6-7;1-2(3)4;1-2;/h6-8H,5H2,1-4H3;3-6H,1H3;1H3;1-2H3;/q;2*-1;;+2/b7-6-,10-9?;;;;. The molecule has 0 N–H and O–H groups in total. The van der Waals surface area contributed by atoms with E-state index >= 15 is 0 Å². The summed E-state index contributed by atoms with van der Waals surface area (Å²) < 4.78 is 20.5. The summed E-state index contributed by atoms with van der Waals surface area (Å²) in [5.74, 6) is 0.677. The zero-order valence-corrected chi connectivity index (χ0v) is 20.6. The molecule has 0 radical (unpaired) electrons. The zero-order chi connectivity index (χ0) is 18.7. The molecule has 1 rings (SSSR count). The molecule has 0 heterocycles. The Hall–Kier alpha value is -0.458. The molecule has 1 aromatic rings. The molecule has 4 heteroatoms. The van der Waals surface area contributed by atoms with Crippen molar-refractivity contribution in [2.45, 2.75) is 54.9 Å². The van der Waals surface area contributed by atoms with Crippen LogP contribution >= 0.6 is 0 Å². The maximum absolute atomic E-state index is 10.2. The first-order valence-electron chi connectivity index (χ1n) is 8.02. The molecule has 0 aliphatic carbocycles. The molecule has 24 heavy (non-hydrogen) atoms. The number of halogens is 2. The number of allylic oxidation sites excluding steroid dienone is 2. The molecule has 0 fully saturated rings. The molecule has 1 nitrogen and oxygen atoms in total. The van der Waals surface area contributed by atoms with Gasteiger partial charge in [0.25, 0.3) is 0 Å². The van der Waals surface area contributed by atoms with Gasteiger partial charge in [0.05, 0.1) is 0 Å². The van der Waals surface area contributed by atoms with Crippen molar-refractivity contribution in [3.63, 3.8) is 0 Å². The van der Waals surface area contributed by atoms with E-state index in [-0.39, 0.29) is 31.1 Å². The molecule has 0 aromatic heterocycles. The van der Waals surface area contributed by atoms with E-state index < -0.39 is 6.43 Å². The van der Waals surface area contributed by atoms with Crippen LogP contribution in [0.15, 0.2) is 41.4 Å². The monoisotopic (exact) mass is 563 g/mol. The second-order valence-electron chi connectivity index (χ2n) is 4.64. The number of rotatable bonds is 3. The SMILES string of the molecule is CC.CCC(C)/C=C\C(C)=NC.C[C-](F)F.Cc1cc[c-]cc1.[U+2]. The first-order chi connectivity index (χ1) is 10.8. The largest absolute Gasteiger partial charge is 2.00 e. The quantitative estimate of drug-likeness (QED) is 0.279. The van der Waals surface area contributed by atoms with Crippen molar-refractivity contribution in [1.82, 2.24) is 0 Å². The fourth-order valence-corrected chi connectivity index (χ4v) is 0.984. The van der Waals surface area contributed by atoms with Crippen molar-refractivity contribution in [2.24, 2.45) is 10.9 Å². The molecule has 1 unspecified atom stereocenters. The summed E-state index contributed by atoms with van der Waals surface area (Å²) in [6, 6.07) is 10.8. The topological polar surface area (TPSA) is 12.4 Å². The van der Waals surface area contributed by atoms with Gasteiger partial charge in [-0.1, -0.05) is 47.1 Å². The fourth-order valence-electron chi connectivity index (χ4n) is 0.984. The summed E-state index contributed by atoms with van der Waals surface area (Å²) in [5.41, 5.74) is 2.39. The van der Waals surface area contributed by atoms with Crippen molar-refractivity contribution in [1.29, 1.82) is 0 Å². The summed E-state index contributed by atoms with van der Waals surface area (Å²) >= 11 is 0. The minimum absolute atomic E-state index is 0. The average molecular weight is 564 g/mol. The van der Waals surface area contributed by atoms with Gasteiger partial charge in [-0.25, -0.2) is 0 Å². The number of aryl methyl sites for hydroxylation is 1. The zero-order valence-electron chi connectivity index (χ0n) is 16.5. The van der Waals surface area contributed by atoms with Gasteiger partial charge in [0.1, 0.15) is 0 Å². The first kappa shape index (κ1) is 31.3. The maximum Gasteiger partial charge on any atom is 2.00 e. The summed E-state index contributed by atoms with van der Waals surface area (Å²) in [4.78, 5) is 4.02. The number of nitrogens with zero attached hydrogens (tertiary/aromatic N) is 1. The van der Waals surface area contributed by atoms with Crippen LogP contribution in [0.25, 0.3) is 0 Å². The molecule has 0 saturated carbocycles. The third-order valence-corrected chi connectivity index (χ3v) is 2.55. The van der Waals surface area contributed by atoms with E-state index in [1.54, 1.807) is 0 Å². The van der Waals surface area contributed by atoms with E-state index in [9.17, 15) is 8.78 Å². The number of hydrogen-bond acceptors (Lipinski definition) is 1. The summed E-state index contributed by atoms with van der Waals surface area (Å²) in [6.45, 7) is 13.2. The molecular weight excluding hydrogens is 530 g/mol. The predicted octanol–water partition coefficient (Wildman–Crippen LogP) is 6.94. The average Bonchev–Trinajstić information content (AvgIpc) is 2.55. The van der Waals surface area contributed by atoms with Crippen LogP contribution in [0.2, 0.25) is 0 Å². The van der Waals surface area contributed by atoms with Crippen molar-refractivity contribution in [3.8, 4) is 0 Å². The Balaban J connectivity index is -0.000000125. The van der Waals surface area contributed by atoms with Crippen LogP contribution in [0.5, 0.6) is 0 Å². The predicted molar refractivity (Wildman–Crippen MR) is 100 cm³/mol. The fraction of sp³-hybridized carbons (Fsp3) is 0.500. The van der Waals surface area contributed by atoms with Crippen LogP contribution in [-0.4, -0.2) is 12.8 Å². The van der Waals surface area contributed by atoms with E-state index in [0.29, 0.717) is 5.92 Å². The van der Waals surface area contributed by atoms with E-state index in [1.807, 2.05) is 52.1 Å². The van der Waals surface area contributed by atoms with E-state index in [4.69, 9.17) is 0 Å². The number of benzene rings is 1. The van der Waals surface area contributed by atoms with Crippen molar-refractivity contribution in [3.05, 3.63) is 54.5 Å². The minimum atomic E-state index is -1.58. The molecule has 1 aromatic carbocycles. The summed E-state index contributed by atoms with van der Waals surface area (Å²) in [5, 5.41) is 0. The summed E-state index contributed by atoms with van der Waals surface area (Å²) in [7, 11) is 1.82. The van der Waals surface area contributed by atoms with E-state index in [0.717, 1.165) is 12.6 Å². The van der Waals surface area contributed by atoms with Crippen LogP contribution in [0.4, 0.5) is 8.78 Å². The number of hydrogen-bond donors (Lipinski definition) is 0. The second kappa shape index (κ2) is 24.8. The maximum atomic E-state index is 10.2. The number of aliphatic imine (C=N–C) groups is 1. The van der Waals surface area contributed by atoms with Gasteiger partial charge in [0.15, 0.2) is 0 Å². The molecule has 0 aliphatic heterocycles. The Morgan fingerprint density at radius 3 is 1.96 bits per heavy atom. The Morgan fingerprint density at radius 2 is 1.71 bits per heavy atom. The van der Waals surface area contributed by atoms with E-state index in [2.05, 4.69) is 44.0 Å². The van der Waals surface area contributed by atoms with Crippen molar-refractivity contribution in [2.75, 3.05) is 7.05 Å². The third-order valence-electron chi connectivity index (χ3n) is 2.55. The van der Waals surface area contributed by atoms with E-state index in [1.165, 1.54) is 12.0 Å². The molecule has 0 spiro atoms. The van der Waals surface area contributed by atoms with Gasteiger partial charge in [0.2, 0.25) is 0 Å². The molecule has 0 amide bonds. The van der Waals surface area contributed by atoms with Crippen LogP contribution in [0, 0.1) is 56.4 Å². The van der Waals surface area contributed by atoms with Gasteiger partial charge in [-0.3, -0.25) is 4.99 Å². The normalized spacial score (nSPS) is 11.0. The van der Waals surface area contributed by atoms with Crippen LogP contribution in [0.1, 0.15) is 53.5 Å². The van der Waals surface area contributed by atoms with Crippen LogP contribution in [-0.2, 0) is 0 Å². The van der Waals surface area contributed by atoms with Gasteiger partial charge >= 0.3 is 31.1 Å². The van der Waals surface area contributed by atoms with Gasteiger partial charge in [0, 0.05) is 12.8 Å². The first-order valence-corrected chi connectivity index (χ1v) is 8.02.